The van der Waals surface area contributed by atoms with Crippen LogP contribution in [0.5, 0.6) is 0 Å². The third-order valence-corrected chi connectivity index (χ3v) is 4.56. The molecule has 7 heteroatoms. The highest BCUT2D eigenvalue weighted by atomic mass is 79.9. The van der Waals surface area contributed by atoms with E-state index in [1.807, 2.05) is 0 Å². The van der Waals surface area contributed by atoms with Crippen molar-refractivity contribution >= 4 is 51.2 Å². The zero-order valence-electron chi connectivity index (χ0n) is 10.4. The van der Waals surface area contributed by atoms with Gasteiger partial charge in [0, 0.05) is 16.6 Å². The fourth-order valence-electron chi connectivity index (χ4n) is 1.88. The van der Waals surface area contributed by atoms with Crippen molar-refractivity contribution in [3.8, 4) is 0 Å². The molecule has 1 aliphatic heterocycles. The number of hydrogen-bond donors (Lipinski definition) is 1. The van der Waals surface area contributed by atoms with E-state index in [0.717, 1.165) is 4.47 Å². The van der Waals surface area contributed by atoms with Gasteiger partial charge in [0.15, 0.2) is 0 Å². The van der Waals surface area contributed by atoms with Gasteiger partial charge in [-0.25, -0.2) is 4.90 Å². The Balaban J connectivity index is 2.05. The first-order valence-corrected chi connectivity index (χ1v) is 7.79. The highest BCUT2D eigenvalue weighted by Gasteiger charge is 2.39. The van der Waals surface area contributed by atoms with Crippen LogP contribution in [0.1, 0.15) is 12.8 Å². The van der Waals surface area contributed by atoms with E-state index >= 15 is 0 Å². The number of carboxylic acids is 1. The number of imide groups is 1. The molecule has 0 spiro atoms. The SMILES string of the molecule is O=C(O)CCS[C@H]1CC(=O)N(c2ccc(Br)cc2)C1=O. The summed E-state index contributed by atoms with van der Waals surface area (Å²) in [5.74, 6) is -1.09. The summed E-state index contributed by atoms with van der Waals surface area (Å²) < 4.78 is 0.868. The number of hydrogen-bond acceptors (Lipinski definition) is 4. The minimum Gasteiger partial charge on any atom is -0.481 e. The van der Waals surface area contributed by atoms with Gasteiger partial charge in [-0.15, -0.1) is 11.8 Å². The van der Waals surface area contributed by atoms with E-state index in [4.69, 9.17) is 5.11 Å². The number of benzene rings is 1. The molecule has 1 fully saturated rings. The van der Waals surface area contributed by atoms with Gasteiger partial charge in [-0.05, 0) is 24.3 Å². The first-order valence-electron chi connectivity index (χ1n) is 5.95. The van der Waals surface area contributed by atoms with E-state index in [-0.39, 0.29) is 24.7 Å². The van der Waals surface area contributed by atoms with Crippen LogP contribution < -0.4 is 4.90 Å². The summed E-state index contributed by atoms with van der Waals surface area (Å²) in [5, 5.41) is 8.10. The van der Waals surface area contributed by atoms with Crippen LogP contribution in [0.25, 0.3) is 0 Å². The summed E-state index contributed by atoms with van der Waals surface area (Å²) in [6.07, 6.45) is 0.111. The number of halogens is 1. The normalized spacial score (nSPS) is 18.6. The summed E-state index contributed by atoms with van der Waals surface area (Å²) in [6.45, 7) is 0. The largest absolute Gasteiger partial charge is 0.481 e. The monoisotopic (exact) mass is 357 g/mol. The Hall–Kier alpha value is -1.34. The van der Waals surface area contributed by atoms with Gasteiger partial charge in [0.2, 0.25) is 11.8 Å². The molecule has 1 aromatic rings. The summed E-state index contributed by atoms with van der Waals surface area (Å²) in [6, 6.07) is 6.93. The lowest BCUT2D eigenvalue weighted by Crippen LogP contribution is -2.31. The summed E-state index contributed by atoms with van der Waals surface area (Å²) in [4.78, 5) is 35.8. The van der Waals surface area contributed by atoms with Gasteiger partial charge in [-0.2, -0.15) is 0 Å². The Kier molecular flexibility index (Phi) is 4.82. The molecule has 2 rings (SSSR count). The van der Waals surface area contributed by atoms with Crippen molar-refractivity contribution in [2.75, 3.05) is 10.7 Å². The summed E-state index contributed by atoms with van der Waals surface area (Å²) in [7, 11) is 0. The molecule has 106 valence electrons. The van der Waals surface area contributed by atoms with E-state index in [9.17, 15) is 14.4 Å². The third-order valence-electron chi connectivity index (χ3n) is 2.83. The van der Waals surface area contributed by atoms with E-state index in [0.29, 0.717) is 11.4 Å². The Labute approximate surface area is 128 Å². The molecule has 1 aromatic carbocycles. The van der Waals surface area contributed by atoms with Crippen LogP contribution in [0.15, 0.2) is 28.7 Å². The number of nitrogens with zero attached hydrogens (tertiary/aromatic N) is 1. The second-order valence-electron chi connectivity index (χ2n) is 4.25. The van der Waals surface area contributed by atoms with Crippen molar-refractivity contribution in [1.82, 2.24) is 0 Å². The minimum atomic E-state index is -0.904. The number of rotatable bonds is 5. The highest BCUT2D eigenvalue weighted by Crippen LogP contribution is 2.30. The quantitative estimate of drug-likeness (QED) is 0.818. The summed E-state index contributed by atoms with van der Waals surface area (Å²) in [5.41, 5.74) is 0.546. The molecular formula is C13H12BrNO4S. The second-order valence-corrected chi connectivity index (χ2v) is 6.48. The molecule has 0 bridgehead atoms. The lowest BCUT2D eigenvalue weighted by molar-refractivity contribution is -0.136. The van der Waals surface area contributed by atoms with Crippen LogP contribution in [0.3, 0.4) is 0 Å². The molecule has 20 heavy (non-hydrogen) atoms. The maximum atomic E-state index is 12.2. The van der Waals surface area contributed by atoms with Crippen molar-refractivity contribution in [1.29, 1.82) is 0 Å². The van der Waals surface area contributed by atoms with Crippen molar-refractivity contribution < 1.29 is 19.5 Å². The lowest BCUT2D eigenvalue weighted by Gasteiger charge is -2.14. The molecule has 1 N–H and O–H groups in total. The fraction of sp³-hybridized carbons (Fsp3) is 0.308. The molecule has 0 aromatic heterocycles. The number of thioether (sulfide) groups is 1. The van der Waals surface area contributed by atoms with Crippen molar-refractivity contribution in [3.05, 3.63) is 28.7 Å². The molecular weight excluding hydrogens is 346 g/mol. The Bertz CT molecular complexity index is 546. The van der Waals surface area contributed by atoms with Gasteiger partial charge in [-0.1, -0.05) is 15.9 Å². The number of carbonyl (C=O) groups is 3. The van der Waals surface area contributed by atoms with Crippen LogP contribution in [0, 0.1) is 0 Å². The number of anilines is 1. The van der Waals surface area contributed by atoms with Crippen LogP contribution in [0.2, 0.25) is 0 Å². The number of amides is 2. The van der Waals surface area contributed by atoms with Crippen molar-refractivity contribution in [3.63, 3.8) is 0 Å². The van der Waals surface area contributed by atoms with Gasteiger partial charge in [-0.3, -0.25) is 14.4 Å². The Morgan fingerprint density at radius 2 is 2.00 bits per heavy atom. The molecule has 0 radical (unpaired) electrons. The van der Waals surface area contributed by atoms with Gasteiger partial charge >= 0.3 is 5.97 Å². The van der Waals surface area contributed by atoms with Gasteiger partial charge in [0.05, 0.1) is 17.4 Å². The van der Waals surface area contributed by atoms with Crippen LogP contribution in [-0.2, 0) is 14.4 Å². The van der Waals surface area contributed by atoms with Gasteiger partial charge in [0.1, 0.15) is 0 Å². The standard InChI is InChI=1S/C13H12BrNO4S/c14-8-1-3-9(4-2-8)15-11(16)7-10(13(15)19)20-6-5-12(17)18/h1-4,10H,5-7H2,(H,17,18)/t10-/m0/s1. The first kappa shape index (κ1) is 15.1. The van der Waals surface area contributed by atoms with Gasteiger partial charge in [0.25, 0.3) is 0 Å². The molecule has 1 saturated heterocycles. The topological polar surface area (TPSA) is 74.7 Å². The number of carboxylic acid groups (broad SMARTS) is 1. The van der Waals surface area contributed by atoms with Crippen LogP contribution in [-0.4, -0.2) is 33.9 Å². The Morgan fingerprint density at radius 3 is 2.60 bits per heavy atom. The van der Waals surface area contributed by atoms with Gasteiger partial charge < -0.3 is 5.11 Å². The predicted octanol–water partition coefficient (Wildman–Crippen LogP) is 2.29. The lowest BCUT2D eigenvalue weighted by atomic mass is 10.3. The van der Waals surface area contributed by atoms with E-state index in [1.54, 1.807) is 24.3 Å². The molecule has 1 aliphatic rings. The number of carbonyl (C=O) groups excluding carboxylic acids is 2. The van der Waals surface area contributed by atoms with E-state index in [2.05, 4.69) is 15.9 Å². The van der Waals surface area contributed by atoms with Crippen molar-refractivity contribution in [2.45, 2.75) is 18.1 Å². The average molecular weight is 358 g/mol. The second kappa shape index (κ2) is 6.41. The van der Waals surface area contributed by atoms with E-state index < -0.39 is 11.2 Å². The summed E-state index contributed by atoms with van der Waals surface area (Å²) >= 11 is 4.52. The van der Waals surface area contributed by atoms with Crippen molar-refractivity contribution in [2.24, 2.45) is 0 Å². The highest BCUT2D eigenvalue weighted by molar-refractivity contribution is 9.10. The minimum absolute atomic E-state index is 0.0130. The zero-order valence-corrected chi connectivity index (χ0v) is 12.8. The fourth-order valence-corrected chi connectivity index (χ4v) is 3.23. The molecule has 0 unspecified atom stereocenters. The molecule has 0 aliphatic carbocycles. The molecule has 5 nitrogen and oxygen atoms in total. The molecule has 0 saturated carbocycles. The zero-order chi connectivity index (χ0) is 14.7. The van der Waals surface area contributed by atoms with Crippen LogP contribution >= 0.6 is 27.7 Å². The maximum absolute atomic E-state index is 12.2. The van der Waals surface area contributed by atoms with Crippen LogP contribution in [0.4, 0.5) is 5.69 Å². The van der Waals surface area contributed by atoms with E-state index in [1.165, 1.54) is 16.7 Å². The average Bonchev–Trinajstić information content (AvgIpc) is 2.66. The smallest absolute Gasteiger partial charge is 0.304 e. The molecule has 2 amide bonds. The number of aliphatic carboxylic acids is 1. The Morgan fingerprint density at radius 1 is 1.35 bits per heavy atom. The maximum Gasteiger partial charge on any atom is 0.304 e. The molecule has 1 atom stereocenters. The third kappa shape index (κ3) is 3.40. The first-order chi connectivity index (χ1) is 9.49. The molecule has 1 heterocycles. The predicted molar refractivity (Wildman–Crippen MR) is 79.8 cm³/mol.